The van der Waals surface area contributed by atoms with Crippen molar-refractivity contribution in [1.82, 2.24) is 0 Å². The molecule has 0 aliphatic carbocycles. The van der Waals surface area contributed by atoms with Crippen LogP contribution in [0.3, 0.4) is 0 Å². The first-order valence-electron chi connectivity index (χ1n) is 7.42. The summed E-state index contributed by atoms with van der Waals surface area (Å²) in [5.74, 6) is -0.0901. The normalized spacial score (nSPS) is 16.0. The van der Waals surface area contributed by atoms with Crippen molar-refractivity contribution in [3.8, 4) is 11.8 Å². The molecule has 0 bridgehead atoms. The Morgan fingerprint density at radius 1 is 1.08 bits per heavy atom. The summed E-state index contributed by atoms with van der Waals surface area (Å²) in [5, 5.41) is 11.6. The highest BCUT2D eigenvalue weighted by Gasteiger charge is 2.28. The quantitative estimate of drug-likeness (QED) is 0.583. The summed E-state index contributed by atoms with van der Waals surface area (Å²) >= 11 is 5.94. The summed E-state index contributed by atoms with van der Waals surface area (Å²) in [6.45, 7) is 0. The summed E-state index contributed by atoms with van der Waals surface area (Å²) < 4.78 is 19.3. The number of nitrogens with zero attached hydrogens (tertiary/aromatic N) is 1. The molecule has 1 heterocycles. The van der Waals surface area contributed by atoms with Crippen molar-refractivity contribution in [2.75, 3.05) is 0 Å². The van der Waals surface area contributed by atoms with E-state index in [9.17, 15) is 9.65 Å². The van der Waals surface area contributed by atoms with Crippen molar-refractivity contribution in [1.29, 1.82) is 5.26 Å². The van der Waals surface area contributed by atoms with Gasteiger partial charge in [-0.2, -0.15) is 5.26 Å². The number of ether oxygens (including phenoxy) is 1. The molecule has 3 aromatic carbocycles. The molecule has 4 rings (SSSR count). The average molecular weight is 336 g/mol. The SMILES string of the molecule is N#CC1=COc2c(ccc3ccccc23)C1c1ccc(F)c(Cl)c1. The van der Waals surface area contributed by atoms with Gasteiger partial charge < -0.3 is 4.74 Å². The summed E-state index contributed by atoms with van der Waals surface area (Å²) in [7, 11) is 0. The van der Waals surface area contributed by atoms with E-state index in [4.69, 9.17) is 16.3 Å². The molecule has 1 atom stereocenters. The van der Waals surface area contributed by atoms with E-state index in [0.29, 0.717) is 5.57 Å². The van der Waals surface area contributed by atoms with E-state index >= 15 is 0 Å². The van der Waals surface area contributed by atoms with E-state index in [0.717, 1.165) is 27.6 Å². The zero-order valence-corrected chi connectivity index (χ0v) is 13.2. The minimum Gasteiger partial charge on any atom is -0.463 e. The fourth-order valence-corrected chi connectivity index (χ4v) is 3.31. The predicted molar refractivity (Wildman–Crippen MR) is 91.5 cm³/mol. The van der Waals surface area contributed by atoms with Gasteiger partial charge in [-0.3, -0.25) is 0 Å². The van der Waals surface area contributed by atoms with Gasteiger partial charge in [0.25, 0.3) is 0 Å². The van der Waals surface area contributed by atoms with Crippen LogP contribution in [0.15, 0.2) is 66.4 Å². The maximum atomic E-state index is 13.5. The van der Waals surface area contributed by atoms with Gasteiger partial charge in [-0.05, 0) is 23.1 Å². The second kappa shape index (κ2) is 5.67. The Labute approximate surface area is 143 Å². The van der Waals surface area contributed by atoms with E-state index < -0.39 is 5.82 Å². The molecule has 0 aromatic heterocycles. The van der Waals surface area contributed by atoms with Crippen LogP contribution in [0.4, 0.5) is 4.39 Å². The van der Waals surface area contributed by atoms with Crippen LogP contribution in [0.25, 0.3) is 10.8 Å². The Hall–Kier alpha value is -2.83. The topological polar surface area (TPSA) is 33.0 Å². The van der Waals surface area contributed by atoms with E-state index in [2.05, 4.69) is 6.07 Å². The number of allylic oxidation sites excluding steroid dienone is 1. The molecule has 3 aromatic rings. The molecule has 116 valence electrons. The smallest absolute Gasteiger partial charge is 0.141 e. The number of rotatable bonds is 1. The van der Waals surface area contributed by atoms with Crippen molar-refractivity contribution in [3.05, 3.63) is 88.4 Å². The minimum absolute atomic E-state index is 0.0404. The van der Waals surface area contributed by atoms with Crippen LogP contribution >= 0.6 is 11.6 Å². The minimum atomic E-state index is -0.478. The highest BCUT2D eigenvalue weighted by atomic mass is 35.5. The van der Waals surface area contributed by atoms with E-state index in [1.807, 2.05) is 36.4 Å². The number of halogens is 2. The van der Waals surface area contributed by atoms with Crippen molar-refractivity contribution < 1.29 is 9.13 Å². The molecular formula is C20H11ClFNO. The molecule has 1 aliphatic rings. The van der Waals surface area contributed by atoms with Crippen LogP contribution in [0.5, 0.6) is 5.75 Å². The van der Waals surface area contributed by atoms with Gasteiger partial charge in [0.2, 0.25) is 0 Å². The van der Waals surface area contributed by atoms with Gasteiger partial charge in [0.05, 0.1) is 22.6 Å². The van der Waals surface area contributed by atoms with Gasteiger partial charge in [-0.1, -0.05) is 54.1 Å². The lowest BCUT2D eigenvalue weighted by Crippen LogP contribution is -2.11. The van der Waals surface area contributed by atoms with Crippen LogP contribution in [-0.2, 0) is 0 Å². The zero-order valence-electron chi connectivity index (χ0n) is 12.5. The molecule has 2 nitrogen and oxygen atoms in total. The van der Waals surface area contributed by atoms with Crippen LogP contribution in [0, 0.1) is 17.1 Å². The van der Waals surface area contributed by atoms with Gasteiger partial charge in [-0.15, -0.1) is 0 Å². The molecule has 0 spiro atoms. The summed E-state index contributed by atoms with van der Waals surface area (Å²) in [5.41, 5.74) is 2.09. The van der Waals surface area contributed by atoms with Crippen LogP contribution in [0.1, 0.15) is 17.0 Å². The molecule has 0 N–H and O–H groups in total. The number of fused-ring (bicyclic) bond motifs is 3. The van der Waals surface area contributed by atoms with Crippen molar-refractivity contribution in [3.63, 3.8) is 0 Å². The van der Waals surface area contributed by atoms with Gasteiger partial charge in [-0.25, -0.2) is 4.39 Å². The van der Waals surface area contributed by atoms with Crippen molar-refractivity contribution in [2.24, 2.45) is 0 Å². The molecule has 1 unspecified atom stereocenters. The lowest BCUT2D eigenvalue weighted by molar-refractivity contribution is 0.459. The first kappa shape index (κ1) is 14.7. The summed E-state index contributed by atoms with van der Waals surface area (Å²) in [4.78, 5) is 0. The Morgan fingerprint density at radius 3 is 2.71 bits per heavy atom. The van der Waals surface area contributed by atoms with Crippen molar-refractivity contribution >= 4 is 22.4 Å². The second-order valence-corrected chi connectivity index (χ2v) is 6.02. The zero-order chi connectivity index (χ0) is 16.7. The Bertz CT molecular complexity index is 1040. The molecule has 0 fully saturated rings. The lowest BCUT2D eigenvalue weighted by Gasteiger charge is -2.25. The first-order valence-corrected chi connectivity index (χ1v) is 7.80. The molecule has 0 amide bonds. The molecule has 24 heavy (non-hydrogen) atoms. The fourth-order valence-electron chi connectivity index (χ4n) is 3.12. The van der Waals surface area contributed by atoms with Crippen LogP contribution in [0.2, 0.25) is 5.02 Å². The maximum absolute atomic E-state index is 13.5. The van der Waals surface area contributed by atoms with Gasteiger partial charge >= 0.3 is 0 Å². The number of hydrogen-bond donors (Lipinski definition) is 0. The molecular weight excluding hydrogens is 325 g/mol. The highest BCUT2D eigenvalue weighted by Crippen LogP contribution is 2.44. The van der Waals surface area contributed by atoms with Crippen LogP contribution in [-0.4, -0.2) is 0 Å². The summed E-state index contributed by atoms with van der Waals surface area (Å²) in [6, 6.07) is 18.6. The second-order valence-electron chi connectivity index (χ2n) is 5.61. The standard InChI is InChI=1S/C20H11ClFNO/c21-17-9-13(6-8-18(17)22)19-14(10-23)11-24-20-15-4-2-1-3-12(15)5-7-16(19)20/h1-9,11,19H. The monoisotopic (exact) mass is 335 g/mol. The van der Waals surface area contributed by atoms with Crippen LogP contribution < -0.4 is 4.74 Å². The number of hydrogen-bond acceptors (Lipinski definition) is 2. The van der Waals surface area contributed by atoms with E-state index in [1.54, 1.807) is 12.1 Å². The van der Waals surface area contributed by atoms with E-state index in [1.165, 1.54) is 12.3 Å². The first-order chi connectivity index (χ1) is 11.7. The third-order valence-corrected chi connectivity index (χ3v) is 4.53. The van der Waals surface area contributed by atoms with Crippen molar-refractivity contribution in [2.45, 2.75) is 5.92 Å². The van der Waals surface area contributed by atoms with E-state index in [-0.39, 0.29) is 10.9 Å². The van der Waals surface area contributed by atoms with Gasteiger partial charge in [0.15, 0.2) is 0 Å². The lowest BCUT2D eigenvalue weighted by atomic mass is 9.83. The molecule has 0 radical (unpaired) electrons. The predicted octanol–water partition coefficient (Wildman–Crippen LogP) is 5.56. The Kier molecular flexibility index (Phi) is 3.48. The molecule has 0 saturated carbocycles. The van der Waals surface area contributed by atoms with Gasteiger partial charge in [0.1, 0.15) is 17.8 Å². The third-order valence-electron chi connectivity index (χ3n) is 4.24. The highest BCUT2D eigenvalue weighted by molar-refractivity contribution is 6.30. The summed E-state index contributed by atoms with van der Waals surface area (Å²) in [6.07, 6.45) is 1.47. The molecule has 0 saturated heterocycles. The number of benzene rings is 3. The average Bonchev–Trinajstić information content (AvgIpc) is 2.62. The maximum Gasteiger partial charge on any atom is 0.141 e. The molecule has 1 aliphatic heterocycles. The Balaban J connectivity index is 1.97. The van der Waals surface area contributed by atoms with Gasteiger partial charge in [0, 0.05) is 10.9 Å². The third kappa shape index (κ3) is 2.24. The fraction of sp³-hybridized carbons (Fsp3) is 0.0500. The number of nitriles is 1. The largest absolute Gasteiger partial charge is 0.463 e. The Morgan fingerprint density at radius 2 is 1.92 bits per heavy atom. The molecule has 4 heteroatoms.